The molecule has 0 aromatic carbocycles. The first-order valence-corrected chi connectivity index (χ1v) is 6.92. The van der Waals surface area contributed by atoms with Gasteiger partial charge in [0.1, 0.15) is 0 Å². The number of aryl methyl sites for hydroxylation is 1. The van der Waals surface area contributed by atoms with Crippen molar-refractivity contribution in [1.29, 1.82) is 0 Å². The molecule has 2 atom stereocenters. The van der Waals surface area contributed by atoms with Crippen LogP contribution in [-0.4, -0.2) is 45.2 Å². The van der Waals surface area contributed by atoms with Gasteiger partial charge in [0.15, 0.2) is 5.65 Å². The lowest BCUT2D eigenvalue weighted by Gasteiger charge is -2.35. The van der Waals surface area contributed by atoms with Crippen molar-refractivity contribution in [2.24, 2.45) is 0 Å². The molecule has 0 radical (unpaired) electrons. The monoisotopic (exact) mass is 259 g/mol. The van der Waals surface area contributed by atoms with E-state index in [1.165, 1.54) is 0 Å². The van der Waals surface area contributed by atoms with Crippen LogP contribution in [0.4, 0.5) is 5.95 Å². The van der Waals surface area contributed by atoms with Crippen LogP contribution in [0.5, 0.6) is 0 Å². The largest absolute Gasteiger partial charge is 0.350 e. The van der Waals surface area contributed by atoms with Crippen molar-refractivity contribution < 1.29 is 0 Å². The second-order valence-electron chi connectivity index (χ2n) is 5.59. The van der Waals surface area contributed by atoms with Crippen LogP contribution >= 0.6 is 0 Å². The molecule has 1 fully saturated rings. The molecule has 5 heteroatoms. The minimum absolute atomic E-state index is 0.476. The first kappa shape index (κ1) is 12.4. The van der Waals surface area contributed by atoms with Gasteiger partial charge in [0.25, 0.3) is 0 Å². The Hall–Kier alpha value is -1.62. The van der Waals surface area contributed by atoms with Gasteiger partial charge in [-0.3, -0.25) is 0 Å². The Bertz CT molecular complexity index is 576. The van der Waals surface area contributed by atoms with Gasteiger partial charge < -0.3 is 10.2 Å². The van der Waals surface area contributed by atoms with Crippen molar-refractivity contribution >= 4 is 11.6 Å². The highest BCUT2D eigenvalue weighted by Crippen LogP contribution is 2.19. The maximum Gasteiger partial charge on any atom is 0.243 e. The number of piperidine rings is 1. The Morgan fingerprint density at radius 1 is 1.42 bits per heavy atom. The second-order valence-corrected chi connectivity index (χ2v) is 5.59. The summed E-state index contributed by atoms with van der Waals surface area (Å²) in [5.74, 6) is 0.746. The SMILES string of the molecule is Cc1cccn2nc(NC3CCN(C)C(C)C3)nc12. The zero-order valence-corrected chi connectivity index (χ0v) is 11.8. The van der Waals surface area contributed by atoms with Crippen molar-refractivity contribution in [1.82, 2.24) is 19.5 Å². The molecular formula is C14H21N5. The van der Waals surface area contributed by atoms with E-state index in [0.717, 1.165) is 36.5 Å². The highest BCUT2D eigenvalue weighted by atomic mass is 15.3. The number of hydrogen-bond acceptors (Lipinski definition) is 4. The number of nitrogens with zero attached hydrogens (tertiary/aromatic N) is 4. The molecule has 102 valence electrons. The van der Waals surface area contributed by atoms with Crippen LogP contribution in [0.25, 0.3) is 5.65 Å². The summed E-state index contributed by atoms with van der Waals surface area (Å²) in [5.41, 5.74) is 2.09. The quantitative estimate of drug-likeness (QED) is 0.895. The van der Waals surface area contributed by atoms with Gasteiger partial charge in [0.05, 0.1) is 0 Å². The molecule has 1 saturated heterocycles. The van der Waals surface area contributed by atoms with Gasteiger partial charge in [0, 0.05) is 24.8 Å². The molecule has 2 unspecified atom stereocenters. The molecule has 0 spiro atoms. The first-order valence-electron chi connectivity index (χ1n) is 6.92. The third-order valence-electron chi connectivity index (χ3n) is 4.10. The fraction of sp³-hybridized carbons (Fsp3) is 0.571. The average molecular weight is 259 g/mol. The zero-order valence-electron chi connectivity index (χ0n) is 11.8. The topological polar surface area (TPSA) is 45.5 Å². The standard InChI is InChI=1S/C14H21N5/c1-10-5-4-7-19-13(10)16-14(17-19)15-12-6-8-18(3)11(2)9-12/h4-5,7,11-12H,6,8-9H2,1-3H3,(H,15,17). The third-order valence-corrected chi connectivity index (χ3v) is 4.10. The molecule has 1 aliphatic heterocycles. The fourth-order valence-corrected chi connectivity index (χ4v) is 2.70. The zero-order chi connectivity index (χ0) is 13.4. The van der Waals surface area contributed by atoms with E-state index in [1.807, 2.05) is 16.8 Å². The number of anilines is 1. The molecule has 0 saturated carbocycles. The van der Waals surface area contributed by atoms with Crippen LogP contribution in [0.1, 0.15) is 25.3 Å². The van der Waals surface area contributed by atoms with Crippen molar-refractivity contribution in [3.05, 3.63) is 23.9 Å². The summed E-state index contributed by atoms with van der Waals surface area (Å²) in [6.07, 6.45) is 4.23. The maximum atomic E-state index is 4.58. The number of pyridine rings is 1. The van der Waals surface area contributed by atoms with Gasteiger partial charge >= 0.3 is 0 Å². The van der Waals surface area contributed by atoms with Crippen molar-refractivity contribution in [3.63, 3.8) is 0 Å². The molecule has 0 bridgehead atoms. The molecule has 5 nitrogen and oxygen atoms in total. The number of rotatable bonds is 2. The highest BCUT2D eigenvalue weighted by Gasteiger charge is 2.23. The van der Waals surface area contributed by atoms with E-state index in [2.05, 4.69) is 47.3 Å². The number of hydrogen-bond donors (Lipinski definition) is 1. The van der Waals surface area contributed by atoms with E-state index >= 15 is 0 Å². The van der Waals surface area contributed by atoms with Crippen LogP contribution in [0.15, 0.2) is 18.3 Å². The number of likely N-dealkylation sites (tertiary alicyclic amines) is 1. The van der Waals surface area contributed by atoms with Crippen molar-refractivity contribution in [2.75, 3.05) is 18.9 Å². The van der Waals surface area contributed by atoms with Crippen LogP contribution in [0, 0.1) is 6.92 Å². The third kappa shape index (κ3) is 2.42. The van der Waals surface area contributed by atoms with Crippen LogP contribution in [0.3, 0.4) is 0 Å². The highest BCUT2D eigenvalue weighted by molar-refractivity contribution is 5.50. The number of nitrogens with one attached hydrogen (secondary N) is 1. The van der Waals surface area contributed by atoms with Gasteiger partial charge in [-0.2, -0.15) is 4.98 Å². The Balaban J connectivity index is 1.77. The summed E-state index contributed by atoms with van der Waals surface area (Å²) in [6.45, 7) is 5.46. The normalized spacial score (nSPS) is 24.8. The van der Waals surface area contributed by atoms with Crippen molar-refractivity contribution in [2.45, 2.75) is 38.8 Å². The van der Waals surface area contributed by atoms with Gasteiger partial charge in [-0.05, 0) is 45.4 Å². The summed E-state index contributed by atoms with van der Waals surface area (Å²) >= 11 is 0. The molecule has 1 N–H and O–H groups in total. The molecule has 2 aromatic heterocycles. The first-order chi connectivity index (χ1) is 9.13. The maximum absolute atomic E-state index is 4.58. The predicted octanol–water partition coefficient (Wildman–Crippen LogP) is 1.93. The van der Waals surface area contributed by atoms with Crippen LogP contribution in [0.2, 0.25) is 0 Å². The Labute approximate surface area is 113 Å². The van der Waals surface area contributed by atoms with E-state index < -0.39 is 0 Å². The van der Waals surface area contributed by atoms with Gasteiger partial charge in [-0.25, -0.2) is 4.52 Å². The lowest BCUT2D eigenvalue weighted by molar-refractivity contribution is 0.190. The Morgan fingerprint density at radius 2 is 2.26 bits per heavy atom. The lowest BCUT2D eigenvalue weighted by atomic mass is 9.99. The number of aromatic nitrogens is 3. The van der Waals surface area contributed by atoms with Gasteiger partial charge in [0.2, 0.25) is 5.95 Å². The lowest BCUT2D eigenvalue weighted by Crippen LogP contribution is -2.42. The van der Waals surface area contributed by atoms with Gasteiger partial charge in [-0.1, -0.05) is 6.07 Å². The average Bonchev–Trinajstić information content (AvgIpc) is 2.78. The molecule has 0 aliphatic carbocycles. The molecular weight excluding hydrogens is 238 g/mol. The summed E-state index contributed by atoms with van der Waals surface area (Å²) < 4.78 is 1.84. The Kier molecular flexibility index (Phi) is 3.14. The summed E-state index contributed by atoms with van der Waals surface area (Å²) in [5, 5.41) is 7.97. The van der Waals surface area contributed by atoms with Gasteiger partial charge in [-0.15, -0.1) is 5.10 Å². The smallest absolute Gasteiger partial charge is 0.243 e. The predicted molar refractivity (Wildman–Crippen MR) is 76.5 cm³/mol. The molecule has 0 amide bonds. The summed E-state index contributed by atoms with van der Waals surface area (Å²) in [7, 11) is 2.19. The number of fused-ring (bicyclic) bond motifs is 1. The van der Waals surface area contributed by atoms with E-state index in [0.29, 0.717) is 12.1 Å². The van der Waals surface area contributed by atoms with E-state index in [1.54, 1.807) is 0 Å². The van der Waals surface area contributed by atoms with Crippen molar-refractivity contribution in [3.8, 4) is 0 Å². The molecule has 1 aliphatic rings. The molecule has 3 rings (SSSR count). The van der Waals surface area contributed by atoms with Crippen LogP contribution < -0.4 is 5.32 Å². The molecule has 2 aromatic rings. The summed E-state index contributed by atoms with van der Waals surface area (Å²) in [6, 6.07) is 5.15. The van der Waals surface area contributed by atoms with E-state index in [9.17, 15) is 0 Å². The minimum Gasteiger partial charge on any atom is -0.350 e. The van der Waals surface area contributed by atoms with E-state index in [4.69, 9.17) is 0 Å². The molecule has 19 heavy (non-hydrogen) atoms. The summed E-state index contributed by atoms with van der Waals surface area (Å²) in [4.78, 5) is 6.98. The second kappa shape index (κ2) is 4.81. The van der Waals surface area contributed by atoms with Crippen LogP contribution in [-0.2, 0) is 0 Å². The minimum atomic E-state index is 0.476. The Morgan fingerprint density at radius 3 is 3.00 bits per heavy atom. The van der Waals surface area contributed by atoms with E-state index in [-0.39, 0.29) is 0 Å². The fourth-order valence-electron chi connectivity index (χ4n) is 2.70. The molecule has 3 heterocycles.